The molecule has 3 rings (SSSR count). The SMILES string of the molecule is COC[C@H]1CCCN1C(=O)c1nn(-c2ccc(F)cc2C)cc1O. The molecule has 1 atom stereocenters. The first-order valence-electron chi connectivity index (χ1n) is 7.86. The molecule has 7 heteroatoms. The Bertz CT molecular complexity index is 760. The molecule has 6 nitrogen and oxygen atoms in total. The number of hydrogen-bond donors (Lipinski definition) is 1. The topological polar surface area (TPSA) is 67.6 Å². The van der Waals surface area contributed by atoms with E-state index in [1.807, 2.05) is 0 Å². The summed E-state index contributed by atoms with van der Waals surface area (Å²) in [7, 11) is 1.60. The average molecular weight is 333 g/mol. The summed E-state index contributed by atoms with van der Waals surface area (Å²) in [4.78, 5) is 14.4. The van der Waals surface area contributed by atoms with E-state index < -0.39 is 0 Å². The first kappa shape index (κ1) is 16.4. The summed E-state index contributed by atoms with van der Waals surface area (Å²) >= 11 is 0. The van der Waals surface area contributed by atoms with Crippen molar-refractivity contribution in [3.05, 3.63) is 41.5 Å². The zero-order valence-corrected chi connectivity index (χ0v) is 13.7. The van der Waals surface area contributed by atoms with Crippen molar-refractivity contribution < 1.29 is 19.0 Å². The lowest BCUT2D eigenvalue weighted by atomic mass is 10.2. The van der Waals surface area contributed by atoms with Crippen LogP contribution in [0.1, 0.15) is 28.9 Å². The van der Waals surface area contributed by atoms with Crippen molar-refractivity contribution in [1.29, 1.82) is 0 Å². The highest BCUT2D eigenvalue weighted by Gasteiger charge is 2.32. The van der Waals surface area contributed by atoms with Crippen LogP contribution >= 0.6 is 0 Å². The van der Waals surface area contributed by atoms with Gasteiger partial charge in [0.15, 0.2) is 11.4 Å². The first-order valence-corrected chi connectivity index (χ1v) is 7.86. The minimum Gasteiger partial charge on any atom is -0.504 e. The molecule has 2 aromatic rings. The van der Waals surface area contributed by atoms with E-state index in [9.17, 15) is 14.3 Å². The summed E-state index contributed by atoms with van der Waals surface area (Å²) in [5, 5.41) is 14.4. The zero-order valence-electron chi connectivity index (χ0n) is 13.7. The number of aromatic nitrogens is 2. The molecule has 0 unspecified atom stereocenters. The fourth-order valence-electron chi connectivity index (χ4n) is 3.12. The van der Waals surface area contributed by atoms with Gasteiger partial charge in [0.2, 0.25) is 0 Å². The van der Waals surface area contributed by atoms with Crippen LogP contribution < -0.4 is 0 Å². The van der Waals surface area contributed by atoms with Crippen LogP contribution in [0.5, 0.6) is 5.75 Å². The molecule has 1 N–H and O–H groups in total. The van der Waals surface area contributed by atoms with Crippen molar-refractivity contribution in [1.82, 2.24) is 14.7 Å². The molecule has 1 aliphatic rings. The number of ether oxygens (including phenoxy) is 1. The van der Waals surface area contributed by atoms with Gasteiger partial charge in [-0.05, 0) is 43.5 Å². The van der Waals surface area contributed by atoms with Gasteiger partial charge >= 0.3 is 0 Å². The Morgan fingerprint density at radius 1 is 1.50 bits per heavy atom. The number of carbonyl (C=O) groups is 1. The van der Waals surface area contributed by atoms with Crippen molar-refractivity contribution in [3.8, 4) is 11.4 Å². The number of amides is 1. The van der Waals surface area contributed by atoms with Gasteiger partial charge < -0.3 is 14.7 Å². The number of likely N-dealkylation sites (tertiary alicyclic amines) is 1. The number of nitrogens with zero attached hydrogens (tertiary/aromatic N) is 3. The number of rotatable bonds is 4. The van der Waals surface area contributed by atoms with E-state index in [2.05, 4.69) is 5.10 Å². The molecule has 0 radical (unpaired) electrons. The lowest BCUT2D eigenvalue weighted by molar-refractivity contribution is 0.0622. The van der Waals surface area contributed by atoms with Crippen molar-refractivity contribution in [3.63, 3.8) is 0 Å². The number of aromatic hydroxyl groups is 1. The van der Waals surface area contributed by atoms with Gasteiger partial charge in [0.25, 0.3) is 5.91 Å². The number of carbonyl (C=O) groups excluding carboxylic acids is 1. The van der Waals surface area contributed by atoms with Gasteiger partial charge in [0.05, 0.1) is 24.5 Å². The van der Waals surface area contributed by atoms with Gasteiger partial charge in [0.1, 0.15) is 5.82 Å². The highest BCUT2D eigenvalue weighted by Crippen LogP contribution is 2.25. The molecule has 1 aliphatic heterocycles. The fraction of sp³-hybridized carbons (Fsp3) is 0.412. The van der Waals surface area contributed by atoms with Crippen LogP contribution in [0, 0.1) is 12.7 Å². The maximum atomic E-state index is 13.2. The van der Waals surface area contributed by atoms with Crippen molar-refractivity contribution in [2.75, 3.05) is 20.3 Å². The summed E-state index contributed by atoms with van der Waals surface area (Å²) < 4.78 is 19.8. The molecule has 1 aromatic heterocycles. The molecular weight excluding hydrogens is 313 g/mol. The first-order chi connectivity index (χ1) is 11.5. The molecular formula is C17H20FN3O3. The summed E-state index contributed by atoms with van der Waals surface area (Å²) in [6.45, 7) is 2.83. The van der Waals surface area contributed by atoms with Gasteiger partial charge in [-0.2, -0.15) is 5.10 Å². The van der Waals surface area contributed by atoms with E-state index in [0.717, 1.165) is 12.8 Å². The maximum absolute atomic E-state index is 13.2. The van der Waals surface area contributed by atoms with Crippen LogP contribution in [-0.2, 0) is 4.74 Å². The largest absolute Gasteiger partial charge is 0.504 e. The Morgan fingerprint density at radius 3 is 3.00 bits per heavy atom. The van der Waals surface area contributed by atoms with Crippen molar-refractivity contribution >= 4 is 5.91 Å². The number of hydrogen-bond acceptors (Lipinski definition) is 4. The number of methoxy groups -OCH3 is 1. The number of halogens is 1. The summed E-state index contributed by atoms with van der Waals surface area (Å²) in [6.07, 6.45) is 3.14. The van der Waals surface area contributed by atoms with Crippen LogP contribution in [0.15, 0.2) is 24.4 Å². The third-order valence-corrected chi connectivity index (χ3v) is 4.30. The average Bonchev–Trinajstić information content (AvgIpc) is 3.14. The Morgan fingerprint density at radius 2 is 2.29 bits per heavy atom. The molecule has 0 saturated carbocycles. The highest BCUT2D eigenvalue weighted by molar-refractivity contribution is 5.95. The molecule has 128 valence electrons. The minimum atomic E-state index is -0.344. The third-order valence-electron chi connectivity index (χ3n) is 4.30. The van der Waals surface area contributed by atoms with Crippen molar-refractivity contribution in [2.24, 2.45) is 0 Å². The van der Waals surface area contributed by atoms with Crippen LogP contribution in [0.25, 0.3) is 5.69 Å². The third kappa shape index (κ3) is 2.99. The van der Waals surface area contributed by atoms with Crippen molar-refractivity contribution in [2.45, 2.75) is 25.8 Å². The molecule has 1 saturated heterocycles. The number of aryl methyl sites for hydroxylation is 1. The second kappa shape index (κ2) is 6.60. The highest BCUT2D eigenvalue weighted by atomic mass is 19.1. The lowest BCUT2D eigenvalue weighted by Gasteiger charge is -2.23. The van der Waals surface area contributed by atoms with E-state index in [0.29, 0.717) is 24.4 Å². The Labute approximate surface area is 139 Å². The second-order valence-electron chi connectivity index (χ2n) is 5.99. The summed E-state index contributed by atoms with van der Waals surface area (Å²) in [6, 6.07) is 4.26. The standard InChI is InChI=1S/C17H20FN3O3/c1-11-8-12(18)5-6-14(11)21-9-15(22)16(19-21)17(23)20-7-3-4-13(20)10-24-2/h5-6,8-9,13,22H,3-4,7,10H2,1-2H3/t13-/m1/s1. The van der Waals surface area contributed by atoms with Gasteiger partial charge in [-0.15, -0.1) is 0 Å². The molecule has 1 fully saturated rings. The normalized spacial score (nSPS) is 17.5. The molecule has 24 heavy (non-hydrogen) atoms. The number of benzene rings is 1. The predicted molar refractivity (Wildman–Crippen MR) is 85.9 cm³/mol. The molecule has 0 bridgehead atoms. The van der Waals surface area contributed by atoms with Gasteiger partial charge in [-0.25, -0.2) is 9.07 Å². The lowest BCUT2D eigenvalue weighted by Crippen LogP contribution is -2.38. The van der Waals surface area contributed by atoms with Crippen LogP contribution in [0.2, 0.25) is 0 Å². The van der Waals surface area contributed by atoms with Crippen LogP contribution in [0.4, 0.5) is 4.39 Å². The molecule has 0 spiro atoms. The predicted octanol–water partition coefficient (Wildman–Crippen LogP) is 2.28. The molecule has 0 aliphatic carbocycles. The van der Waals surface area contributed by atoms with Crippen LogP contribution in [0.3, 0.4) is 0 Å². The fourth-order valence-corrected chi connectivity index (χ4v) is 3.12. The molecule has 2 heterocycles. The van der Waals surface area contributed by atoms with Gasteiger partial charge in [-0.1, -0.05) is 0 Å². The monoisotopic (exact) mass is 333 g/mol. The Hall–Kier alpha value is -2.41. The summed E-state index contributed by atoms with van der Waals surface area (Å²) in [5.74, 6) is -0.847. The van der Waals surface area contributed by atoms with E-state index in [1.165, 1.54) is 23.0 Å². The van der Waals surface area contributed by atoms with E-state index in [1.54, 1.807) is 25.0 Å². The van der Waals surface area contributed by atoms with E-state index in [-0.39, 0.29) is 29.2 Å². The van der Waals surface area contributed by atoms with Crippen LogP contribution in [-0.4, -0.2) is 52.0 Å². The molecule has 1 aromatic carbocycles. The quantitative estimate of drug-likeness (QED) is 0.932. The smallest absolute Gasteiger partial charge is 0.278 e. The minimum absolute atomic E-state index is 0.000364. The Balaban J connectivity index is 1.90. The second-order valence-corrected chi connectivity index (χ2v) is 5.99. The van der Waals surface area contributed by atoms with E-state index >= 15 is 0 Å². The zero-order chi connectivity index (χ0) is 17.3. The van der Waals surface area contributed by atoms with Gasteiger partial charge in [-0.3, -0.25) is 4.79 Å². The Kier molecular flexibility index (Phi) is 4.53. The maximum Gasteiger partial charge on any atom is 0.278 e. The summed E-state index contributed by atoms with van der Waals surface area (Å²) in [5.41, 5.74) is 1.28. The van der Waals surface area contributed by atoms with E-state index in [4.69, 9.17) is 4.74 Å². The van der Waals surface area contributed by atoms with Gasteiger partial charge in [0, 0.05) is 13.7 Å². The molecule has 1 amide bonds.